The Hall–Kier alpha value is -2.04. The van der Waals surface area contributed by atoms with Crippen molar-refractivity contribution in [1.82, 2.24) is 4.57 Å². The number of rotatable bonds is 3. The number of thiophene rings is 1. The summed E-state index contributed by atoms with van der Waals surface area (Å²) in [6.07, 6.45) is 3.82. The van der Waals surface area contributed by atoms with Crippen LogP contribution in [0.4, 0.5) is 0 Å². The molecular weight excluding hydrogens is 306 g/mol. The zero-order chi connectivity index (χ0) is 14.8. The molecule has 106 valence electrons. The van der Waals surface area contributed by atoms with Gasteiger partial charge in [-0.25, -0.2) is 4.79 Å². The zero-order valence-corrected chi connectivity index (χ0v) is 12.8. The lowest BCUT2D eigenvalue weighted by Crippen LogP contribution is -2.04. The molecule has 21 heavy (non-hydrogen) atoms. The summed E-state index contributed by atoms with van der Waals surface area (Å²) in [4.78, 5) is 12.6. The molecule has 0 aliphatic rings. The zero-order valence-electron chi connectivity index (χ0n) is 11.2. The third kappa shape index (κ3) is 2.60. The molecular formula is C16H12ClNO2S. The van der Waals surface area contributed by atoms with Crippen LogP contribution < -0.4 is 0 Å². The largest absolute Gasteiger partial charge is 0.465 e. The Morgan fingerprint density at radius 3 is 2.48 bits per heavy atom. The van der Waals surface area contributed by atoms with Crippen molar-refractivity contribution in [3.05, 3.63) is 64.1 Å². The Balaban J connectivity index is 2.19. The summed E-state index contributed by atoms with van der Waals surface area (Å²) < 4.78 is 6.80. The number of aromatic nitrogens is 1. The number of halogens is 1. The van der Waals surface area contributed by atoms with Crippen LogP contribution >= 0.6 is 22.9 Å². The van der Waals surface area contributed by atoms with Crippen LogP contribution in [0.25, 0.3) is 16.8 Å². The van der Waals surface area contributed by atoms with E-state index in [0.717, 1.165) is 16.8 Å². The number of carbonyl (C=O) groups is 1. The molecule has 0 saturated carbocycles. The van der Waals surface area contributed by atoms with Crippen molar-refractivity contribution in [1.29, 1.82) is 0 Å². The quantitative estimate of drug-likeness (QED) is 0.659. The standard InChI is InChI=1S/C16H12ClNO2S/c1-20-16(19)15-14(18-8-2-3-9-18)13(10-21-15)11-4-6-12(17)7-5-11/h2-10H,1H3. The van der Waals surface area contributed by atoms with Gasteiger partial charge in [-0.15, -0.1) is 11.3 Å². The first-order valence-corrected chi connectivity index (χ1v) is 7.55. The minimum atomic E-state index is -0.330. The van der Waals surface area contributed by atoms with Crippen LogP contribution in [-0.4, -0.2) is 17.6 Å². The third-order valence-corrected chi connectivity index (χ3v) is 4.35. The maximum atomic E-state index is 12.0. The number of ether oxygens (including phenoxy) is 1. The fourth-order valence-corrected chi connectivity index (χ4v) is 3.28. The highest BCUT2D eigenvalue weighted by molar-refractivity contribution is 7.13. The molecule has 2 aromatic heterocycles. The Morgan fingerprint density at radius 1 is 1.19 bits per heavy atom. The highest BCUT2D eigenvalue weighted by Gasteiger charge is 2.20. The number of nitrogens with zero attached hydrogens (tertiary/aromatic N) is 1. The van der Waals surface area contributed by atoms with Gasteiger partial charge in [0, 0.05) is 28.4 Å². The summed E-state index contributed by atoms with van der Waals surface area (Å²) in [5.41, 5.74) is 2.82. The summed E-state index contributed by atoms with van der Waals surface area (Å²) >= 11 is 7.32. The number of esters is 1. The molecule has 1 aromatic carbocycles. The first kappa shape index (κ1) is 13.9. The number of hydrogen-bond acceptors (Lipinski definition) is 3. The molecule has 3 aromatic rings. The average Bonchev–Trinajstić information content (AvgIpc) is 3.15. The predicted octanol–water partition coefficient (Wildman–Crippen LogP) is 4.65. The van der Waals surface area contributed by atoms with Gasteiger partial charge >= 0.3 is 5.97 Å². The predicted molar refractivity (Wildman–Crippen MR) is 85.4 cm³/mol. The summed E-state index contributed by atoms with van der Waals surface area (Å²) in [5.74, 6) is -0.330. The summed E-state index contributed by atoms with van der Waals surface area (Å²) in [7, 11) is 1.39. The monoisotopic (exact) mass is 317 g/mol. The molecule has 0 bridgehead atoms. The smallest absolute Gasteiger partial charge is 0.350 e. The van der Waals surface area contributed by atoms with Crippen LogP contribution in [0.2, 0.25) is 5.02 Å². The number of methoxy groups -OCH3 is 1. The van der Waals surface area contributed by atoms with Gasteiger partial charge in [-0.2, -0.15) is 0 Å². The van der Waals surface area contributed by atoms with Crippen molar-refractivity contribution in [2.24, 2.45) is 0 Å². The van der Waals surface area contributed by atoms with Gasteiger partial charge in [0.2, 0.25) is 0 Å². The van der Waals surface area contributed by atoms with E-state index in [1.807, 2.05) is 58.7 Å². The van der Waals surface area contributed by atoms with E-state index in [2.05, 4.69) is 0 Å². The molecule has 0 aliphatic heterocycles. The van der Waals surface area contributed by atoms with Gasteiger partial charge in [-0.3, -0.25) is 0 Å². The minimum absolute atomic E-state index is 0.330. The summed E-state index contributed by atoms with van der Waals surface area (Å²) in [6, 6.07) is 11.4. The van der Waals surface area contributed by atoms with E-state index in [0.29, 0.717) is 9.90 Å². The van der Waals surface area contributed by atoms with Crippen LogP contribution in [0.15, 0.2) is 54.2 Å². The van der Waals surface area contributed by atoms with E-state index in [1.165, 1.54) is 18.4 Å². The van der Waals surface area contributed by atoms with Crippen molar-refractivity contribution < 1.29 is 9.53 Å². The van der Waals surface area contributed by atoms with Gasteiger partial charge < -0.3 is 9.30 Å². The lowest BCUT2D eigenvalue weighted by molar-refractivity contribution is 0.0606. The van der Waals surface area contributed by atoms with Crippen LogP contribution in [0, 0.1) is 0 Å². The van der Waals surface area contributed by atoms with E-state index < -0.39 is 0 Å². The summed E-state index contributed by atoms with van der Waals surface area (Å²) in [5, 5.41) is 2.65. The molecule has 0 saturated heterocycles. The molecule has 0 unspecified atom stereocenters. The average molecular weight is 318 g/mol. The van der Waals surface area contributed by atoms with Gasteiger partial charge in [0.15, 0.2) is 0 Å². The molecule has 0 radical (unpaired) electrons. The molecule has 0 amide bonds. The molecule has 0 atom stereocenters. The highest BCUT2D eigenvalue weighted by Crippen LogP contribution is 2.35. The first-order chi connectivity index (χ1) is 10.2. The first-order valence-electron chi connectivity index (χ1n) is 6.30. The fourth-order valence-electron chi connectivity index (χ4n) is 2.16. The van der Waals surface area contributed by atoms with Crippen molar-refractivity contribution in [2.45, 2.75) is 0 Å². The van der Waals surface area contributed by atoms with Crippen molar-refractivity contribution in [3.63, 3.8) is 0 Å². The molecule has 2 heterocycles. The van der Waals surface area contributed by atoms with E-state index in [1.54, 1.807) is 0 Å². The van der Waals surface area contributed by atoms with Crippen LogP contribution in [0.3, 0.4) is 0 Å². The molecule has 0 N–H and O–H groups in total. The van der Waals surface area contributed by atoms with Crippen molar-refractivity contribution >= 4 is 28.9 Å². The maximum Gasteiger partial charge on any atom is 0.350 e. The van der Waals surface area contributed by atoms with Gasteiger partial charge in [-0.05, 0) is 29.8 Å². The molecule has 3 nitrogen and oxygen atoms in total. The van der Waals surface area contributed by atoms with Crippen LogP contribution in [0.1, 0.15) is 9.67 Å². The minimum Gasteiger partial charge on any atom is -0.465 e. The topological polar surface area (TPSA) is 31.2 Å². The second-order valence-electron chi connectivity index (χ2n) is 4.42. The Kier molecular flexibility index (Phi) is 3.82. The van der Waals surface area contributed by atoms with E-state index >= 15 is 0 Å². The van der Waals surface area contributed by atoms with Crippen molar-refractivity contribution in [3.8, 4) is 16.8 Å². The van der Waals surface area contributed by atoms with E-state index in [9.17, 15) is 4.79 Å². The van der Waals surface area contributed by atoms with Gasteiger partial charge in [-0.1, -0.05) is 23.7 Å². The van der Waals surface area contributed by atoms with Gasteiger partial charge in [0.1, 0.15) is 4.88 Å². The molecule has 0 spiro atoms. The number of benzene rings is 1. The van der Waals surface area contributed by atoms with Gasteiger partial charge in [0.25, 0.3) is 0 Å². The van der Waals surface area contributed by atoms with E-state index in [4.69, 9.17) is 16.3 Å². The maximum absolute atomic E-state index is 12.0. The second kappa shape index (κ2) is 5.76. The number of hydrogen-bond donors (Lipinski definition) is 0. The molecule has 3 rings (SSSR count). The molecule has 5 heteroatoms. The fraction of sp³-hybridized carbons (Fsp3) is 0.0625. The Morgan fingerprint density at radius 2 is 1.86 bits per heavy atom. The highest BCUT2D eigenvalue weighted by atomic mass is 35.5. The Bertz CT molecular complexity index is 760. The SMILES string of the molecule is COC(=O)c1scc(-c2ccc(Cl)cc2)c1-n1cccc1. The lowest BCUT2D eigenvalue weighted by Gasteiger charge is -2.08. The second-order valence-corrected chi connectivity index (χ2v) is 5.73. The lowest BCUT2D eigenvalue weighted by atomic mass is 10.1. The third-order valence-electron chi connectivity index (χ3n) is 3.15. The number of carbonyl (C=O) groups excluding carboxylic acids is 1. The van der Waals surface area contributed by atoms with Crippen LogP contribution in [0.5, 0.6) is 0 Å². The van der Waals surface area contributed by atoms with Crippen molar-refractivity contribution in [2.75, 3.05) is 7.11 Å². The summed E-state index contributed by atoms with van der Waals surface area (Å²) in [6.45, 7) is 0. The Labute approximate surface area is 131 Å². The van der Waals surface area contributed by atoms with E-state index in [-0.39, 0.29) is 5.97 Å². The molecule has 0 aliphatic carbocycles. The van der Waals surface area contributed by atoms with Crippen LogP contribution in [-0.2, 0) is 4.74 Å². The van der Waals surface area contributed by atoms with Gasteiger partial charge in [0.05, 0.1) is 12.8 Å². The normalized spacial score (nSPS) is 10.6. The molecule has 0 fully saturated rings.